The molecule has 3 heteroatoms. The minimum atomic E-state index is 0.894. The van der Waals surface area contributed by atoms with Crippen LogP contribution >= 0.6 is 11.6 Å². The standard InChI is InChI=1S/C13H15ClN2/c1-9-5-6-11-10(13(9)14)8-16-7-3-2-4-12(16)15-11/h5-6H,2-4,7-8H2,1H3. The maximum absolute atomic E-state index is 6.35. The second-order valence-corrected chi connectivity index (χ2v) is 4.98. The third-order valence-corrected chi connectivity index (χ3v) is 3.98. The van der Waals surface area contributed by atoms with Gasteiger partial charge in [0.25, 0.3) is 0 Å². The zero-order valence-corrected chi connectivity index (χ0v) is 10.2. The molecule has 1 aromatic rings. The van der Waals surface area contributed by atoms with Gasteiger partial charge in [-0.2, -0.15) is 0 Å². The summed E-state index contributed by atoms with van der Waals surface area (Å²) in [5.41, 5.74) is 3.42. The lowest BCUT2D eigenvalue weighted by Gasteiger charge is -2.34. The lowest BCUT2D eigenvalue weighted by atomic mass is 10.0. The molecule has 1 aromatic carbocycles. The first-order valence-electron chi connectivity index (χ1n) is 5.86. The van der Waals surface area contributed by atoms with Crippen molar-refractivity contribution in [3.8, 4) is 0 Å². The summed E-state index contributed by atoms with van der Waals surface area (Å²) in [5, 5.41) is 0.894. The van der Waals surface area contributed by atoms with Crippen LogP contribution in [0, 0.1) is 6.92 Å². The number of hydrogen-bond acceptors (Lipinski definition) is 2. The zero-order chi connectivity index (χ0) is 11.1. The molecule has 0 unspecified atom stereocenters. The van der Waals surface area contributed by atoms with Crippen LogP contribution in [-0.2, 0) is 6.54 Å². The van der Waals surface area contributed by atoms with Gasteiger partial charge in [-0.05, 0) is 31.4 Å². The summed E-state index contributed by atoms with van der Waals surface area (Å²) in [4.78, 5) is 7.10. The van der Waals surface area contributed by atoms with Crippen molar-refractivity contribution in [2.24, 2.45) is 4.99 Å². The third kappa shape index (κ3) is 1.52. The van der Waals surface area contributed by atoms with Gasteiger partial charge in [0.05, 0.1) is 10.7 Å². The summed E-state index contributed by atoms with van der Waals surface area (Å²) in [5.74, 6) is 1.25. The highest BCUT2D eigenvalue weighted by Gasteiger charge is 2.24. The minimum Gasteiger partial charge on any atom is -0.356 e. The van der Waals surface area contributed by atoms with E-state index in [0.29, 0.717) is 0 Å². The molecule has 0 spiro atoms. The summed E-state index contributed by atoms with van der Waals surface area (Å²) in [6.45, 7) is 4.12. The van der Waals surface area contributed by atoms with Crippen molar-refractivity contribution in [3.05, 3.63) is 28.3 Å². The van der Waals surface area contributed by atoms with Crippen LogP contribution in [0.3, 0.4) is 0 Å². The number of fused-ring (bicyclic) bond motifs is 2. The van der Waals surface area contributed by atoms with Crippen molar-refractivity contribution in [3.63, 3.8) is 0 Å². The van der Waals surface area contributed by atoms with Crippen LogP contribution in [0.4, 0.5) is 5.69 Å². The molecule has 3 rings (SSSR count). The minimum absolute atomic E-state index is 0.894. The Morgan fingerprint density at radius 3 is 3.06 bits per heavy atom. The monoisotopic (exact) mass is 234 g/mol. The predicted octanol–water partition coefficient (Wildman–Crippen LogP) is 3.68. The Labute approximate surface area is 101 Å². The summed E-state index contributed by atoms with van der Waals surface area (Å²) < 4.78 is 0. The number of amidine groups is 1. The number of hydrogen-bond donors (Lipinski definition) is 0. The maximum Gasteiger partial charge on any atom is 0.105 e. The molecule has 1 saturated heterocycles. The van der Waals surface area contributed by atoms with Crippen molar-refractivity contribution in [1.29, 1.82) is 0 Å². The molecule has 0 saturated carbocycles. The zero-order valence-electron chi connectivity index (χ0n) is 9.46. The average Bonchev–Trinajstić information content (AvgIpc) is 2.32. The second kappa shape index (κ2) is 3.77. The van der Waals surface area contributed by atoms with E-state index in [0.717, 1.165) is 35.8 Å². The van der Waals surface area contributed by atoms with Crippen molar-refractivity contribution >= 4 is 23.1 Å². The molecule has 0 amide bonds. The van der Waals surface area contributed by atoms with Gasteiger partial charge in [0.15, 0.2) is 0 Å². The molecule has 2 aliphatic heterocycles. The molecule has 84 valence electrons. The number of aliphatic imine (C=N–C) groups is 1. The Bertz CT molecular complexity index is 465. The quantitative estimate of drug-likeness (QED) is 0.669. The Balaban J connectivity index is 2.09. The fourth-order valence-electron chi connectivity index (χ4n) is 2.48. The number of nitrogens with zero attached hydrogens (tertiary/aromatic N) is 2. The van der Waals surface area contributed by atoms with Crippen molar-refractivity contribution < 1.29 is 0 Å². The topological polar surface area (TPSA) is 15.6 Å². The van der Waals surface area contributed by atoms with Gasteiger partial charge in [-0.15, -0.1) is 0 Å². The first-order valence-corrected chi connectivity index (χ1v) is 6.24. The van der Waals surface area contributed by atoms with E-state index in [1.165, 1.54) is 24.2 Å². The smallest absolute Gasteiger partial charge is 0.105 e. The number of piperidine rings is 1. The third-order valence-electron chi connectivity index (χ3n) is 3.45. The van der Waals surface area contributed by atoms with E-state index < -0.39 is 0 Å². The second-order valence-electron chi connectivity index (χ2n) is 4.60. The lowest BCUT2D eigenvalue weighted by molar-refractivity contribution is 0.359. The van der Waals surface area contributed by atoms with Crippen LogP contribution in [0.2, 0.25) is 5.02 Å². The molecule has 0 atom stereocenters. The Morgan fingerprint density at radius 2 is 2.19 bits per heavy atom. The SMILES string of the molecule is Cc1ccc2c(c1Cl)CN1CCCCC1=N2. The van der Waals surface area contributed by atoms with Crippen LogP contribution in [0.25, 0.3) is 0 Å². The van der Waals surface area contributed by atoms with Crippen molar-refractivity contribution in [2.75, 3.05) is 6.54 Å². The van der Waals surface area contributed by atoms with Gasteiger partial charge < -0.3 is 4.90 Å². The van der Waals surface area contributed by atoms with Crippen LogP contribution in [0.15, 0.2) is 17.1 Å². The van der Waals surface area contributed by atoms with Gasteiger partial charge >= 0.3 is 0 Å². The van der Waals surface area contributed by atoms with Crippen molar-refractivity contribution in [2.45, 2.75) is 32.7 Å². The maximum atomic E-state index is 6.35. The molecular weight excluding hydrogens is 220 g/mol. The molecule has 0 N–H and O–H groups in total. The van der Waals surface area contributed by atoms with Gasteiger partial charge in [0, 0.05) is 25.1 Å². The van der Waals surface area contributed by atoms with E-state index in [1.54, 1.807) is 0 Å². The lowest BCUT2D eigenvalue weighted by Crippen LogP contribution is -2.36. The number of rotatable bonds is 0. The molecular formula is C13H15ClN2. The molecule has 2 heterocycles. The number of aryl methyl sites for hydroxylation is 1. The highest BCUT2D eigenvalue weighted by molar-refractivity contribution is 6.32. The number of benzene rings is 1. The Kier molecular flexibility index (Phi) is 2.40. The molecule has 0 aliphatic carbocycles. The van der Waals surface area contributed by atoms with Crippen LogP contribution in [0.5, 0.6) is 0 Å². The molecule has 2 nitrogen and oxygen atoms in total. The summed E-state index contributed by atoms with van der Waals surface area (Å²) in [7, 11) is 0. The first kappa shape index (κ1) is 10.2. The van der Waals surface area contributed by atoms with Gasteiger partial charge in [0.1, 0.15) is 5.84 Å². The van der Waals surface area contributed by atoms with Crippen LogP contribution < -0.4 is 0 Å². The van der Waals surface area contributed by atoms with E-state index in [2.05, 4.69) is 24.0 Å². The van der Waals surface area contributed by atoms with Crippen LogP contribution in [-0.4, -0.2) is 17.3 Å². The fourth-order valence-corrected chi connectivity index (χ4v) is 2.70. The van der Waals surface area contributed by atoms with E-state index >= 15 is 0 Å². The molecule has 0 bridgehead atoms. The summed E-state index contributed by atoms with van der Waals surface area (Å²) in [6, 6.07) is 4.15. The first-order chi connectivity index (χ1) is 7.75. The molecule has 1 fully saturated rings. The van der Waals surface area contributed by atoms with Gasteiger partial charge in [-0.25, -0.2) is 4.99 Å². The van der Waals surface area contributed by atoms with Gasteiger partial charge in [-0.1, -0.05) is 17.7 Å². The van der Waals surface area contributed by atoms with E-state index in [9.17, 15) is 0 Å². The Morgan fingerprint density at radius 1 is 1.31 bits per heavy atom. The molecule has 0 aromatic heterocycles. The fraction of sp³-hybridized carbons (Fsp3) is 0.462. The largest absolute Gasteiger partial charge is 0.356 e. The van der Waals surface area contributed by atoms with Crippen molar-refractivity contribution in [1.82, 2.24) is 4.90 Å². The summed E-state index contributed by atoms with van der Waals surface area (Å²) in [6.07, 6.45) is 3.66. The van der Waals surface area contributed by atoms with E-state index in [-0.39, 0.29) is 0 Å². The average molecular weight is 235 g/mol. The highest BCUT2D eigenvalue weighted by atomic mass is 35.5. The van der Waals surface area contributed by atoms with Gasteiger partial charge in [0.2, 0.25) is 0 Å². The number of halogens is 1. The highest BCUT2D eigenvalue weighted by Crippen LogP contribution is 2.35. The molecule has 0 radical (unpaired) electrons. The molecule has 16 heavy (non-hydrogen) atoms. The summed E-state index contributed by atoms with van der Waals surface area (Å²) >= 11 is 6.35. The normalized spacial score (nSPS) is 18.9. The van der Waals surface area contributed by atoms with E-state index in [4.69, 9.17) is 16.6 Å². The van der Waals surface area contributed by atoms with E-state index in [1.807, 2.05) is 0 Å². The van der Waals surface area contributed by atoms with Crippen LogP contribution in [0.1, 0.15) is 30.4 Å². The van der Waals surface area contributed by atoms with Gasteiger partial charge in [-0.3, -0.25) is 0 Å². The molecule has 2 aliphatic rings. The predicted molar refractivity (Wildman–Crippen MR) is 67.5 cm³/mol. The Hall–Kier alpha value is -1.02.